The number of carbonyl (C=O) groups excluding carboxylic acids is 1. The van der Waals surface area contributed by atoms with Crippen molar-refractivity contribution in [2.45, 2.75) is 70.1 Å². The van der Waals surface area contributed by atoms with Crippen LogP contribution in [-0.4, -0.2) is 94.4 Å². The lowest BCUT2D eigenvalue weighted by molar-refractivity contribution is -0.109. The first-order valence-electron chi connectivity index (χ1n) is 11.5. The van der Waals surface area contributed by atoms with Gasteiger partial charge in [-0.15, -0.1) is 0 Å². The van der Waals surface area contributed by atoms with Crippen molar-refractivity contribution in [1.29, 1.82) is 0 Å². The molecule has 0 radical (unpaired) electrons. The van der Waals surface area contributed by atoms with E-state index in [4.69, 9.17) is 9.98 Å². The Hall–Kier alpha value is -1.09. The maximum Gasteiger partial charge on any atom is 0.194 e. The third kappa shape index (κ3) is 5.78. The number of fused-ring (bicyclic) bond motifs is 2. The van der Waals surface area contributed by atoms with E-state index in [9.17, 15) is 4.79 Å². The van der Waals surface area contributed by atoms with Gasteiger partial charge in [-0.3, -0.25) is 4.79 Å². The zero-order chi connectivity index (χ0) is 20.9. The minimum atomic E-state index is 0.197. The van der Waals surface area contributed by atoms with Crippen LogP contribution in [0.2, 0.25) is 0 Å². The average molecular weight is 453 g/mol. The Morgan fingerprint density at radius 1 is 0.900 bits per heavy atom. The summed E-state index contributed by atoms with van der Waals surface area (Å²) in [6, 6.07) is 1.77. The second-order valence-electron chi connectivity index (χ2n) is 8.77. The highest BCUT2D eigenvalue weighted by Gasteiger charge is 2.30. The lowest BCUT2D eigenvalue weighted by atomic mass is 10.1. The number of hydrogen-bond donors (Lipinski definition) is 2. The second kappa shape index (κ2) is 10.5. The zero-order valence-corrected chi connectivity index (χ0v) is 19.9. The number of hydrogen-bond acceptors (Lipinski definition) is 9. The molecular formula is C21H36N6OS2. The maximum absolute atomic E-state index is 11.3. The van der Waals surface area contributed by atoms with Crippen LogP contribution in [0.5, 0.6) is 0 Å². The van der Waals surface area contributed by atoms with Crippen LogP contribution < -0.4 is 10.6 Å². The summed E-state index contributed by atoms with van der Waals surface area (Å²) in [6.07, 6.45) is 5.77. The van der Waals surface area contributed by atoms with Crippen LogP contribution >= 0.6 is 23.5 Å². The van der Waals surface area contributed by atoms with Gasteiger partial charge in [0.15, 0.2) is 17.0 Å². The fourth-order valence-electron chi connectivity index (χ4n) is 4.52. The Balaban J connectivity index is 1.22. The molecule has 0 amide bonds. The largest absolute Gasteiger partial charge is 0.353 e. The quantitative estimate of drug-likeness (QED) is 0.612. The molecule has 30 heavy (non-hydrogen) atoms. The molecular weight excluding hydrogens is 416 g/mol. The van der Waals surface area contributed by atoms with Crippen molar-refractivity contribution in [2.24, 2.45) is 9.98 Å². The molecule has 0 bridgehead atoms. The first-order chi connectivity index (χ1) is 14.6. The summed E-state index contributed by atoms with van der Waals surface area (Å²) in [6.45, 7) is 8.32. The number of rotatable bonds is 7. The van der Waals surface area contributed by atoms with Crippen molar-refractivity contribution in [3.63, 3.8) is 0 Å². The SMILES string of the molecule is CC[C@H]1CCN2CC[C@H](CSC[C@H]3CCN4CC[C@H](CSC(C)=O)NC4=N3)NC2=N1. The molecule has 4 rings (SSSR count). The van der Waals surface area contributed by atoms with E-state index in [1.807, 2.05) is 11.8 Å². The number of aliphatic imine (C=N–C) groups is 2. The van der Waals surface area contributed by atoms with Crippen molar-refractivity contribution < 1.29 is 4.79 Å². The Bertz CT molecular complexity index is 672. The lowest BCUT2D eigenvalue weighted by Crippen LogP contribution is -2.56. The third-order valence-electron chi connectivity index (χ3n) is 6.42. The molecule has 0 aliphatic carbocycles. The Labute approximate surface area is 189 Å². The molecule has 2 N–H and O–H groups in total. The molecule has 9 heteroatoms. The van der Waals surface area contributed by atoms with Crippen LogP contribution in [0.25, 0.3) is 0 Å². The van der Waals surface area contributed by atoms with Gasteiger partial charge >= 0.3 is 0 Å². The molecule has 2 saturated heterocycles. The molecule has 2 fully saturated rings. The van der Waals surface area contributed by atoms with E-state index in [-0.39, 0.29) is 5.12 Å². The molecule has 168 valence electrons. The summed E-state index contributed by atoms with van der Waals surface area (Å²) in [7, 11) is 0. The zero-order valence-electron chi connectivity index (χ0n) is 18.3. The molecule has 0 aromatic carbocycles. The number of nitrogens with zero attached hydrogens (tertiary/aromatic N) is 4. The Morgan fingerprint density at radius 2 is 1.47 bits per heavy atom. The van der Waals surface area contributed by atoms with E-state index in [1.54, 1.807) is 6.92 Å². The summed E-state index contributed by atoms with van der Waals surface area (Å²) < 4.78 is 0. The van der Waals surface area contributed by atoms with E-state index < -0.39 is 0 Å². The van der Waals surface area contributed by atoms with Crippen molar-refractivity contribution >= 4 is 40.6 Å². The van der Waals surface area contributed by atoms with Crippen molar-refractivity contribution in [3.05, 3.63) is 0 Å². The molecule has 0 unspecified atom stereocenters. The first kappa shape index (κ1) is 22.1. The molecule has 0 aromatic rings. The summed E-state index contributed by atoms with van der Waals surface area (Å²) in [4.78, 5) is 26.0. The number of carbonyl (C=O) groups is 1. The predicted octanol–water partition coefficient (Wildman–Crippen LogP) is 1.99. The van der Waals surface area contributed by atoms with Gasteiger partial charge in [0.2, 0.25) is 0 Å². The van der Waals surface area contributed by atoms with Gasteiger partial charge < -0.3 is 20.4 Å². The molecule has 0 saturated carbocycles. The average Bonchev–Trinajstić information content (AvgIpc) is 2.76. The van der Waals surface area contributed by atoms with Gasteiger partial charge in [0.25, 0.3) is 0 Å². The molecule has 4 heterocycles. The monoisotopic (exact) mass is 452 g/mol. The minimum Gasteiger partial charge on any atom is -0.353 e. The first-order valence-corrected chi connectivity index (χ1v) is 13.6. The molecule has 0 aromatic heterocycles. The summed E-state index contributed by atoms with van der Waals surface area (Å²) in [5.41, 5.74) is 0. The highest BCUT2D eigenvalue weighted by Crippen LogP contribution is 2.22. The van der Waals surface area contributed by atoms with E-state index in [2.05, 4.69) is 27.4 Å². The second-order valence-corrected chi connectivity index (χ2v) is 11.0. The van der Waals surface area contributed by atoms with Gasteiger partial charge in [-0.05, 0) is 32.1 Å². The highest BCUT2D eigenvalue weighted by atomic mass is 32.2. The summed E-state index contributed by atoms with van der Waals surface area (Å²) in [5, 5.41) is 7.48. The maximum atomic E-state index is 11.3. The minimum absolute atomic E-state index is 0.197. The predicted molar refractivity (Wildman–Crippen MR) is 129 cm³/mol. The molecule has 0 spiro atoms. The summed E-state index contributed by atoms with van der Waals surface area (Å²) in [5.74, 6) is 5.24. The van der Waals surface area contributed by atoms with Gasteiger partial charge in [0, 0.05) is 62.4 Å². The van der Waals surface area contributed by atoms with Crippen LogP contribution in [0, 0.1) is 0 Å². The topological polar surface area (TPSA) is 72.3 Å². The van der Waals surface area contributed by atoms with Gasteiger partial charge in [-0.1, -0.05) is 18.7 Å². The number of nitrogens with one attached hydrogen (secondary N) is 2. The highest BCUT2D eigenvalue weighted by molar-refractivity contribution is 8.13. The van der Waals surface area contributed by atoms with Crippen molar-refractivity contribution in [3.8, 4) is 0 Å². The van der Waals surface area contributed by atoms with Crippen LogP contribution in [0.15, 0.2) is 9.98 Å². The van der Waals surface area contributed by atoms with Gasteiger partial charge in [0.1, 0.15) is 0 Å². The third-order valence-corrected chi connectivity index (χ3v) is 8.66. The Kier molecular flexibility index (Phi) is 7.73. The van der Waals surface area contributed by atoms with E-state index in [0.717, 1.165) is 74.6 Å². The van der Waals surface area contributed by atoms with Crippen molar-refractivity contribution in [2.75, 3.05) is 43.4 Å². The van der Waals surface area contributed by atoms with Gasteiger partial charge in [-0.2, -0.15) is 11.8 Å². The molecule has 7 nitrogen and oxygen atoms in total. The van der Waals surface area contributed by atoms with Crippen LogP contribution in [0.1, 0.15) is 46.0 Å². The smallest absolute Gasteiger partial charge is 0.194 e. The summed E-state index contributed by atoms with van der Waals surface area (Å²) >= 11 is 3.45. The standard InChI is InChI=1S/C21H36N6OS2/c1-3-16-4-8-26-9-5-17(23-20(26)22-16)12-29-13-18-6-10-27-11-7-19(14-30-15(2)28)25-21(27)24-18/h16-19H,3-14H2,1-2H3,(H,22,23)(H,24,25)/t16-,17+,18+,19+/m0/s1. The van der Waals surface area contributed by atoms with Gasteiger partial charge in [0.05, 0.1) is 12.1 Å². The van der Waals surface area contributed by atoms with Crippen molar-refractivity contribution in [1.82, 2.24) is 20.4 Å². The van der Waals surface area contributed by atoms with Crippen LogP contribution in [0.4, 0.5) is 0 Å². The van der Waals surface area contributed by atoms with Crippen LogP contribution in [0.3, 0.4) is 0 Å². The van der Waals surface area contributed by atoms with Gasteiger partial charge in [-0.25, -0.2) is 9.98 Å². The molecule has 4 aliphatic heterocycles. The molecule has 4 atom stereocenters. The fraction of sp³-hybridized carbons (Fsp3) is 0.857. The van der Waals surface area contributed by atoms with E-state index in [0.29, 0.717) is 24.2 Å². The Morgan fingerprint density at radius 3 is 2.10 bits per heavy atom. The molecule has 4 aliphatic rings. The fourth-order valence-corrected chi connectivity index (χ4v) is 6.39. The van der Waals surface area contributed by atoms with E-state index >= 15 is 0 Å². The number of thioether (sulfide) groups is 2. The van der Waals surface area contributed by atoms with Crippen LogP contribution in [-0.2, 0) is 4.79 Å². The lowest BCUT2D eigenvalue weighted by Gasteiger charge is -2.40. The normalized spacial score (nSPS) is 31.0. The number of guanidine groups is 2. The van der Waals surface area contributed by atoms with E-state index in [1.165, 1.54) is 24.6 Å².